The lowest BCUT2D eigenvalue weighted by molar-refractivity contribution is -0.136. The van der Waals surface area contributed by atoms with Crippen molar-refractivity contribution < 1.29 is 24.5 Å². The number of rotatable bonds is 5. The van der Waals surface area contributed by atoms with Crippen LogP contribution in [0.4, 0.5) is 0 Å². The topological polar surface area (TPSA) is 87.1 Å². The van der Waals surface area contributed by atoms with Gasteiger partial charge in [-0.05, 0) is 35.3 Å². The fourth-order valence-corrected chi connectivity index (χ4v) is 2.90. The van der Waals surface area contributed by atoms with Crippen LogP contribution in [0.3, 0.4) is 0 Å². The number of nitrogens with zero attached hydrogens (tertiary/aromatic N) is 1. The van der Waals surface area contributed by atoms with Crippen LogP contribution in [0.1, 0.15) is 17.5 Å². The number of carbonyl (C=O) groups excluding carboxylic acids is 1. The third kappa shape index (κ3) is 8.02. The second kappa shape index (κ2) is 11.5. The molecule has 1 aliphatic rings. The number of aromatic hydroxyl groups is 1. The van der Waals surface area contributed by atoms with Gasteiger partial charge in [0.1, 0.15) is 5.75 Å². The van der Waals surface area contributed by atoms with Gasteiger partial charge in [0.15, 0.2) is 0 Å². The monoisotopic (exact) mass is 395 g/mol. The second-order valence-electron chi connectivity index (χ2n) is 6.46. The molecular formula is C23H25NO5. The Morgan fingerprint density at radius 2 is 1.86 bits per heavy atom. The molecule has 0 aromatic heterocycles. The quantitative estimate of drug-likeness (QED) is 0.595. The van der Waals surface area contributed by atoms with E-state index in [1.165, 1.54) is 18.2 Å². The van der Waals surface area contributed by atoms with E-state index in [4.69, 9.17) is 5.11 Å². The van der Waals surface area contributed by atoms with E-state index in [2.05, 4.69) is 52.1 Å². The van der Waals surface area contributed by atoms with Crippen molar-refractivity contribution in [3.05, 3.63) is 84.0 Å². The Morgan fingerprint density at radius 1 is 1.10 bits per heavy atom. The van der Waals surface area contributed by atoms with Gasteiger partial charge < -0.3 is 14.9 Å². The number of phenols is 1. The second-order valence-corrected chi connectivity index (χ2v) is 6.46. The Labute approximate surface area is 170 Å². The molecule has 0 aliphatic carbocycles. The van der Waals surface area contributed by atoms with Crippen molar-refractivity contribution >= 4 is 17.5 Å². The molecule has 0 atom stereocenters. The SMILES string of the molecule is COC(=O)/C=C/C(=O)O.Oc1cccc(C2=CCCN(Cc3ccccc3)C2)c1. The van der Waals surface area contributed by atoms with Crippen molar-refractivity contribution in [3.8, 4) is 5.75 Å². The van der Waals surface area contributed by atoms with E-state index in [1.807, 2.05) is 12.1 Å². The van der Waals surface area contributed by atoms with E-state index >= 15 is 0 Å². The van der Waals surface area contributed by atoms with E-state index < -0.39 is 11.9 Å². The minimum Gasteiger partial charge on any atom is -0.508 e. The molecule has 0 bridgehead atoms. The van der Waals surface area contributed by atoms with Gasteiger partial charge in [-0.1, -0.05) is 48.5 Å². The zero-order valence-electron chi connectivity index (χ0n) is 16.3. The van der Waals surface area contributed by atoms with Gasteiger partial charge in [-0.15, -0.1) is 0 Å². The van der Waals surface area contributed by atoms with E-state index in [9.17, 15) is 14.7 Å². The summed E-state index contributed by atoms with van der Waals surface area (Å²) in [5.41, 5.74) is 3.79. The molecule has 3 rings (SSSR count). The summed E-state index contributed by atoms with van der Waals surface area (Å²) in [5, 5.41) is 17.6. The average molecular weight is 395 g/mol. The summed E-state index contributed by atoms with van der Waals surface area (Å²) in [6.45, 7) is 3.02. The summed E-state index contributed by atoms with van der Waals surface area (Å²) < 4.78 is 4.11. The van der Waals surface area contributed by atoms with Crippen molar-refractivity contribution in [2.24, 2.45) is 0 Å². The fourth-order valence-electron chi connectivity index (χ4n) is 2.90. The number of methoxy groups -OCH3 is 1. The molecule has 1 heterocycles. The van der Waals surface area contributed by atoms with Crippen molar-refractivity contribution in [2.45, 2.75) is 13.0 Å². The number of phenolic OH excluding ortho intramolecular Hbond substituents is 1. The standard InChI is InChI=1S/C18H19NO.C5H6O4/c20-18-10-4-8-16(12-18)17-9-5-11-19(14-17)13-15-6-2-1-3-7-15;1-9-5(8)3-2-4(6)7/h1-4,6-10,12,20H,5,11,13-14H2;2-3H,1H3,(H,6,7)/b;3-2+. The molecule has 1 aliphatic heterocycles. The highest BCUT2D eigenvalue weighted by Crippen LogP contribution is 2.24. The lowest BCUT2D eigenvalue weighted by Gasteiger charge is -2.27. The first-order valence-corrected chi connectivity index (χ1v) is 9.21. The number of carbonyl (C=O) groups is 2. The first-order chi connectivity index (χ1) is 14.0. The Bertz CT molecular complexity index is 874. The van der Waals surface area contributed by atoms with Crippen LogP contribution in [0.25, 0.3) is 5.57 Å². The summed E-state index contributed by atoms with van der Waals surface area (Å²) in [4.78, 5) is 22.3. The normalized spacial score (nSPS) is 13.9. The Morgan fingerprint density at radius 3 is 2.52 bits per heavy atom. The maximum atomic E-state index is 10.1. The molecule has 6 nitrogen and oxygen atoms in total. The smallest absolute Gasteiger partial charge is 0.330 e. The molecule has 0 saturated carbocycles. The molecule has 2 N–H and O–H groups in total. The van der Waals surface area contributed by atoms with Gasteiger partial charge in [0.25, 0.3) is 0 Å². The van der Waals surface area contributed by atoms with Crippen molar-refractivity contribution in [2.75, 3.05) is 20.2 Å². The number of aliphatic carboxylic acids is 1. The number of benzene rings is 2. The average Bonchev–Trinajstić information content (AvgIpc) is 2.73. The minimum absolute atomic E-state index is 0.337. The fraction of sp³-hybridized carbons (Fsp3) is 0.217. The zero-order valence-corrected chi connectivity index (χ0v) is 16.3. The largest absolute Gasteiger partial charge is 0.508 e. The van der Waals surface area contributed by atoms with Gasteiger partial charge in [0.2, 0.25) is 0 Å². The molecular weight excluding hydrogens is 370 g/mol. The summed E-state index contributed by atoms with van der Waals surface area (Å²) in [6, 6.07) is 18.1. The summed E-state index contributed by atoms with van der Waals surface area (Å²) in [6.07, 6.45) is 4.91. The van der Waals surface area contributed by atoms with Crippen molar-refractivity contribution in [1.29, 1.82) is 0 Å². The van der Waals surface area contributed by atoms with Crippen LogP contribution in [-0.2, 0) is 20.9 Å². The Kier molecular flexibility index (Phi) is 8.66. The number of carboxylic acids is 1. The molecule has 0 spiro atoms. The van der Waals surface area contributed by atoms with E-state index in [-0.39, 0.29) is 0 Å². The van der Waals surface area contributed by atoms with Crippen LogP contribution in [0.2, 0.25) is 0 Å². The van der Waals surface area contributed by atoms with Gasteiger partial charge in [-0.3, -0.25) is 4.90 Å². The molecule has 0 radical (unpaired) electrons. The first kappa shape index (κ1) is 21.9. The number of esters is 1. The van der Waals surface area contributed by atoms with Crippen LogP contribution < -0.4 is 0 Å². The van der Waals surface area contributed by atoms with Crippen LogP contribution in [0, 0.1) is 0 Å². The van der Waals surface area contributed by atoms with Crippen LogP contribution >= 0.6 is 0 Å². The summed E-state index contributed by atoms with van der Waals surface area (Å²) in [7, 11) is 1.18. The van der Waals surface area contributed by atoms with Gasteiger partial charge in [-0.2, -0.15) is 0 Å². The predicted molar refractivity (Wildman–Crippen MR) is 111 cm³/mol. The highest BCUT2D eigenvalue weighted by Gasteiger charge is 2.14. The van der Waals surface area contributed by atoms with Crippen molar-refractivity contribution in [3.63, 3.8) is 0 Å². The maximum Gasteiger partial charge on any atom is 0.330 e. The predicted octanol–water partition coefficient (Wildman–Crippen LogP) is 3.48. The first-order valence-electron chi connectivity index (χ1n) is 9.21. The molecule has 2 aromatic rings. The Balaban J connectivity index is 0.000000284. The molecule has 152 valence electrons. The third-order valence-corrected chi connectivity index (χ3v) is 4.26. The molecule has 0 fully saturated rings. The zero-order chi connectivity index (χ0) is 21.1. The highest BCUT2D eigenvalue weighted by atomic mass is 16.5. The molecule has 0 saturated heterocycles. The lowest BCUT2D eigenvalue weighted by Crippen LogP contribution is -2.28. The highest BCUT2D eigenvalue weighted by molar-refractivity contribution is 5.90. The molecule has 6 heteroatoms. The van der Waals surface area contributed by atoms with E-state index in [1.54, 1.807) is 6.07 Å². The van der Waals surface area contributed by atoms with Gasteiger partial charge in [0.05, 0.1) is 7.11 Å². The molecule has 2 aromatic carbocycles. The van der Waals surface area contributed by atoms with Crippen molar-refractivity contribution in [1.82, 2.24) is 4.90 Å². The minimum atomic E-state index is -1.17. The molecule has 0 amide bonds. The van der Waals surface area contributed by atoms with Gasteiger partial charge in [-0.25, -0.2) is 9.59 Å². The van der Waals surface area contributed by atoms with Gasteiger partial charge >= 0.3 is 11.9 Å². The van der Waals surface area contributed by atoms with Crippen LogP contribution in [-0.4, -0.2) is 47.3 Å². The van der Waals surface area contributed by atoms with E-state index in [0.29, 0.717) is 11.8 Å². The van der Waals surface area contributed by atoms with Gasteiger partial charge in [0, 0.05) is 31.8 Å². The summed E-state index contributed by atoms with van der Waals surface area (Å²) in [5.74, 6) is -1.50. The number of hydrogen-bond donors (Lipinski definition) is 2. The molecule has 29 heavy (non-hydrogen) atoms. The lowest BCUT2D eigenvalue weighted by atomic mass is 10.0. The van der Waals surface area contributed by atoms with Crippen LogP contribution in [0.15, 0.2) is 72.8 Å². The van der Waals surface area contributed by atoms with E-state index in [0.717, 1.165) is 37.7 Å². The molecule has 0 unspecified atom stereocenters. The number of ether oxygens (including phenoxy) is 1. The van der Waals surface area contributed by atoms with Crippen LogP contribution in [0.5, 0.6) is 5.75 Å². The summed E-state index contributed by atoms with van der Waals surface area (Å²) >= 11 is 0. The third-order valence-electron chi connectivity index (χ3n) is 4.26. The Hall–Kier alpha value is -3.38. The number of hydrogen-bond acceptors (Lipinski definition) is 5. The maximum absolute atomic E-state index is 10.1. The number of carboxylic acid groups (broad SMARTS) is 1.